The third kappa shape index (κ3) is 4.74. The molecule has 0 aromatic heterocycles. The van der Waals surface area contributed by atoms with Gasteiger partial charge in [-0.25, -0.2) is 4.39 Å². The second kappa shape index (κ2) is 7.09. The molecular formula is C13H19BrFNO. The second-order valence-corrected chi connectivity index (χ2v) is 5.40. The topological polar surface area (TPSA) is 32.3 Å². The second-order valence-electron chi connectivity index (χ2n) is 4.48. The van der Waals surface area contributed by atoms with Gasteiger partial charge in [0, 0.05) is 29.2 Å². The first-order valence-corrected chi connectivity index (χ1v) is 6.62. The van der Waals surface area contributed by atoms with Crippen molar-refractivity contribution in [2.45, 2.75) is 32.9 Å². The molecule has 1 unspecified atom stereocenters. The van der Waals surface area contributed by atoms with Crippen LogP contribution < -0.4 is 5.32 Å². The molecule has 4 heteroatoms. The molecule has 1 atom stereocenters. The fraction of sp³-hybridized carbons (Fsp3) is 0.538. The predicted octanol–water partition coefficient (Wildman–Crippen LogP) is 3.08. The van der Waals surface area contributed by atoms with Crippen LogP contribution in [0.5, 0.6) is 0 Å². The van der Waals surface area contributed by atoms with E-state index in [0.717, 1.165) is 4.47 Å². The summed E-state index contributed by atoms with van der Waals surface area (Å²) in [6.07, 6.45) is 0.688. The van der Waals surface area contributed by atoms with Crippen LogP contribution in [0.3, 0.4) is 0 Å². The van der Waals surface area contributed by atoms with Gasteiger partial charge in [0.15, 0.2) is 0 Å². The van der Waals surface area contributed by atoms with E-state index in [2.05, 4.69) is 35.1 Å². The standard InChI is InChI=1S/C13H19BrFNO/c1-9(2)13(5-6-17)16-8-10-7-11(14)3-4-12(10)15/h3-4,7,9,13,16-17H,5-6,8H2,1-2H3. The maximum atomic E-state index is 13.5. The van der Waals surface area contributed by atoms with Crippen LogP contribution in [-0.2, 0) is 6.54 Å². The average Bonchev–Trinajstić information content (AvgIpc) is 2.28. The molecular weight excluding hydrogens is 285 g/mol. The summed E-state index contributed by atoms with van der Waals surface area (Å²) in [4.78, 5) is 0. The Balaban J connectivity index is 2.61. The van der Waals surface area contributed by atoms with Gasteiger partial charge in [0.1, 0.15) is 5.82 Å². The SMILES string of the molecule is CC(C)C(CCO)NCc1cc(Br)ccc1F. The normalized spacial score (nSPS) is 13.1. The molecule has 0 saturated heterocycles. The van der Waals surface area contributed by atoms with Crippen molar-refractivity contribution in [3.63, 3.8) is 0 Å². The summed E-state index contributed by atoms with van der Waals surface area (Å²) >= 11 is 3.33. The third-order valence-electron chi connectivity index (χ3n) is 2.81. The molecule has 0 amide bonds. The van der Waals surface area contributed by atoms with Gasteiger partial charge in [0.25, 0.3) is 0 Å². The molecule has 1 aromatic carbocycles. The predicted molar refractivity (Wildman–Crippen MR) is 71.3 cm³/mol. The van der Waals surface area contributed by atoms with E-state index in [9.17, 15) is 4.39 Å². The van der Waals surface area contributed by atoms with Gasteiger partial charge in [-0.2, -0.15) is 0 Å². The molecule has 2 nitrogen and oxygen atoms in total. The summed E-state index contributed by atoms with van der Waals surface area (Å²) in [5, 5.41) is 12.2. The van der Waals surface area contributed by atoms with E-state index < -0.39 is 0 Å². The summed E-state index contributed by atoms with van der Waals surface area (Å²) in [6.45, 7) is 4.81. The van der Waals surface area contributed by atoms with Gasteiger partial charge < -0.3 is 10.4 Å². The number of benzene rings is 1. The molecule has 1 aromatic rings. The number of aliphatic hydroxyl groups excluding tert-OH is 1. The van der Waals surface area contributed by atoms with E-state index in [4.69, 9.17) is 5.11 Å². The zero-order valence-corrected chi connectivity index (χ0v) is 11.8. The smallest absolute Gasteiger partial charge is 0.127 e. The minimum absolute atomic E-state index is 0.150. The van der Waals surface area contributed by atoms with Gasteiger partial charge in [0.2, 0.25) is 0 Å². The van der Waals surface area contributed by atoms with Crippen LogP contribution in [0.15, 0.2) is 22.7 Å². The Morgan fingerprint density at radius 1 is 1.41 bits per heavy atom. The van der Waals surface area contributed by atoms with E-state index >= 15 is 0 Å². The first kappa shape index (κ1) is 14.6. The van der Waals surface area contributed by atoms with Crippen molar-refractivity contribution in [3.8, 4) is 0 Å². The maximum Gasteiger partial charge on any atom is 0.127 e. The Labute approximate surface area is 110 Å². The highest BCUT2D eigenvalue weighted by molar-refractivity contribution is 9.10. The highest BCUT2D eigenvalue weighted by Gasteiger charge is 2.13. The number of hydrogen-bond acceptors (Lipinski definition) is 2. The van der Waals surface area contributed by atoms with Crippen LogP contribution in [0, 0.1) is 11.7 Å². The minimum atomic E-state index is -0.202. The number of halogens is 2. The Bertz CT molecular complexity index is 357. The first-order chi connectivity index (χ1) is 8.04. The molecule has 2 N–H and O–H groups in total. The van der Waals surface area contributed by atoms with Gasteiger partial charge in [-0.3, -0.25) is 0 Å². The number of aliphatic hydroxyl groups is 1. The van der Waals surface area contributed by atoms with Crippen molar-refractivity contribution >= 4 is 15.9 Å². The Morgan fingerprint density at radius 3 is 2.71 bits per heavy atom. The van der Waals surface area contributed by atoms with Gasteiger partial charge in [-0.15, -0.1) is 0 Å². The number of hydrogen-bond donors (Lipinski definition) is 2. The summed E-state index contributed by atoms with van der Waals surface area (Å²) in [5.74, 6) is 0.213. The third-order valence-corrected chi connectivity index (χ3v) is 3.30. The molecule has 0 heterocycles. The summed E-state index contributed by atoms with van der Waals surface area (Å²) in [5.41, 5.74) is 0.642. The molecule has 0 fully saturated rings. The van der Waals surface area contributed by atoms with E-state index in [1.807, 2.05) is 0 Å². The summed E-state index contributed by atoms with van der Waals surface area (Å²) in [7, 11) is 0. The van der Waals surface area contributed by atoms with Crippen LogP contribution in [0.4, 0.5) is 4.39 Å². The monoisotopic (exact) mass is 303 g/mol. The lowest BCUT2D eigenvalue weighted by Gasteiger charge is -2.21. The summed E-state index contributed by atoms with van der Waals surface area (Å²) in [6, 6.07) is 5.13. The Hall–Kier alpha value is -0.450. The van der Waals surface area contributed by atoms with Gasteiger partial charge in [-0.1, -0.05) is 29.8 Å². The highest BCUT2D eigenvalue weighted by Crippen LogP contribution is 2.16. The maximum absolute atomic E-state index is 13.5. The fourth-order valence-electron chi connectivity index (χ4n) is 1.73. The highest BCUT2D eigenvalue weighted by atomic mass is 79.9. The van der Waals surface area contributed by atoms with Crippen molar-refractivity contribution in [1.82, 2.24) is 5.32 Å². The number of nitrogens with one attached hydrogen (secondary N) is 1. The van der Waals surface area contributed by atoms with Crippen LogP contribution >= 0.6 is 15.9 Å². The van der Waals surface area contributed by atoms with Gasteiger partial charge in [-0.05, 0) is 30.5 Å². The van der Waals surface area contributed by atoms with Crippen molar-refractivity contribution in [2.24, 2.45) is 5.92 Å². The zero-order valence-electron chi connectivity index (χ0n) is 10.2. The zero-order chi connectivity index (χ0) is 12.8. The molecule has 0 bridgehead atoms. The van der Waals surface area contributed by atoms with Crippen molar-refractivity contribution in [3.05, 3.63) is 34.1 Å². The molecule has 1 rings (SSSR count). The van der Waals surface area contributed by atoms with Crippen molar-refractivity contribution < 1.29 is 9.50 Å². The van der Waals surface area contributed by atoms with E-state index in [0.29, 0.717) is 24.4 Å². The van der Waals surface area contributed by atoms with Crippen LogP contribution in [0.2, 0.25) is 0 Å². The van der Waals surface area contributed by atoms with Crippen LogP contribution in [0.1, 0.15) is 25.8 Å². The van der Waals surface area contributed by atoms with Crippen molar-refractivity contribution in [2.75, 3.05) is 6.61 Å². The average molecular weight is 304 g/mol. The molecule has 0 aliphatic carbocycles. The molecule has 0 saturated carbocycles. The molecule has 96 valence electrons. The Morgan fingerprint density at radius 2 is 2.12 bits per heavy atom. The minimum Gasteiger partial charge on any atom is -0.396 e. The quantitative estimate of drug-likeness (QED) is 0.846. The van der Waals surface area contributed by atoms with E-state index in [1.165, 1.54) is 6.07 Å². The van der Waals surface area contributed by atoms with Crippen molar-refractivity contribution in [1.29, 1.82) is 0 Å². The van der Waals surface area contributed by atoms with Crippen LogP contribution in [0.25, 0.3) is 0 Å². The lowest BCUT2D eigenvalue weighted by molar-refractivity contribution is 0.243. The van der Waals surface area contributed by atoms with E-state index in [1.54, 1.807) is 12.1 Å². The van der Waals surface area contributed by atoms with Crippen LogP contribution in [-0.4, -0.2) is 17.8 Å². The first-order valence-electron chi connectivity index (χ1n) is 5.82. The molecule has 0 spiro atoms. The molecule has 0 radical (unpaired) electrons. The lowest BCUT2D eigenvalue weighted by Crippen LogP contribution is -2.34. The van der Waals surface area contributed by atoms with Gasteiger partial charge >= 0.3 is 0 Å². The molecule has 0 aliphatic rings. The largest absolute Gasteiger partial charge is 0.396 e. The van der Waals surface area contributed by atoms with E-state index in [-0.39, 0.29) is 18.5 Å². The lowest BCUT2D eigenvalue weighted by atomic mass is 10.0. The molecule has 17 heavy (non-hydrogen) atoms. The number of rotatable bonds is 6. The van der Waals surface area contributed by atoms with Gasteiger partial charge in [0.05, 0.1) is 0 Å². The summed E-state index contributed by atoms with van der Waals surface area (Å²) < 4.78 is 14.4. The Kier molecular flexibility index (Phi) is 6.09. The molecule has 0 aliphatic heterocycles. The fourth-order valence-corrected chi connectivity index (χ4v) is 2.14.